The van der Waals surface area contributed by atoms with Crippen LogP contribution < -0.4 is 14.8 Å². The third-order valence-corrected chi connectivity index (χ3v) is 3.72. The van der Waals surface area contributed by atoms with Crippen LogP contribution in [0.3, 0.4) is 0 Å². The lowest BCUT2D eigenvalue weighted by atomic mass is 10.1. The lowest BCUT2D eigenvalue weighted by Crippen LogP contribution is -2.32. The molecule has 0 aliphatic carbocycles. The lowest BCUT2D eigenvalue weighted by molar-refractivity contribution is -0.123. The Hall–Kier alpha value is -2.49. The van der Waals surface area contributed by atoms with Crippen molar-refractivity contribution < 1.29 is 14.3 Å². The molecule has 0 unspecified atom stereocenters. The van der Waals surface area contributed by atoms with Gasteiger partial charge in [-0.3, -0.25) is 4.79 Å². The van der Waals surface area contributed by atoms with E-state index in [1.54, 1.807) is 0 Å². The molecule has 0 bridgehead atoms. The molecule has 0 aliphatic heterocycles. The van der Waals surface area contributed by atoms with Crippen LogP contribution in [0.2, 0.25) is 0 Å². The first kappa shape index (κ1) is 18.8. The zero-order valence-corrected chi connectivity index (χ0v) is 15.3. The van der Waals surface area contributed by atoms with E-state index in [0.717, 1.165) is 35.5 Å². The van der Waals surface area contributed by atoms with E-state index in [-0.39, 0.29) is 12.5 Å². The van der Waals surface area contributed by atoms with Crippen molar-refractivity contribution in [3.63, 3.8) is 0 Å². The highest BCUT2D eigenvalue weighted by molar-refractivity contribution is 5.77. The first-order valence-electron chi connectivity index (χ1n) is 8.76. The smallest absolute Gasteiger partial charge is 0.258 e. The van der Waals surface area contributed by atoms with Gasteiger partial charge < -0.3 is 14.8 Å². The summed E-state index contributed by atoms with van der Waals surface area (Å²) in [5.41, 5.74) is 3.55. The van der Waals surface area contributed by atoms with Gasteiger partial charge in [0.1, 0.15) is 18.1 Å². The molecular formula is C21H27NO3. The summed E-state index contributed by atoms with van der Waals surface area (Å²) >= 11 is 0. The molecule has 25 heavy (non-hydrogen) atoms. The molecule has 2 aromatic carbocycles. The minimum atomic E-state index is -0.152. The fourth-order valence-electron chi connectivity index (χ4n) is 2.62. The number of ether oxygens (including phenoxy) is 2. The van der Waals surface area contributed by atoms with Crippen molar-refractivity contribution in [2.45, 2.75) is 33.6 Å². The largest absolute Gasteiger partial charge is 0.492 e. The predicted octanol–water partition coefficient (Wildman–Crippen LogP) is 3.83. The van der Waals surface area contributed by atoms with E-state index in [9.17, 15) is 4.79 Å². The number of carbonyl (C=O) groups is 1. The third kappa shape index (κ3) is 6.87. The van der Waals surface area contributed by atoms with Gasteiger partial charge in [0.15, 0.2) is 6.61 Å². The molecule has 0 aliphatic rings. The minimum absolute atomic E-state index is 0.00854. The summed E-state index contributed by atoms with van der Waals surface area (Å²) in [6.45, 7) is 7.07. The number of nitrogens with one attached hydrogen (secondary N) is 1. The number of hydrogen-bond acceptors (Lipinski definition) is 3. The summed E-state index contributed by atoms with van der Waals surface area (Å²) in [6.07, 6.45) is 2.22. The zero-order valence-electron chi connectivity index (χ0n) is 15.3. The lowest BCUT2D eigenvalue weighted by Gasteiger charge is -2.10. The zero-order chi connectivity index (χ0) is 18.1. The van der Waals surface area contributed by atoms with Crippen LogP contribution in [0.25, 0.3) is 0 Å². The van der Waals surface area contributed by atoms with Crippen molar-refractivity contribution in [3.05, 3.63) is 59.2 Å². The number of benzene rings is 2. The third-order valence-electron chi connectivity index (χ3n) is 3.72. The monoisotopic (exact) mass is 341 g/mol. The van der Waals surface area contributed by atoms with E-state index in [1.165, 1.54) is 5.56 Å². The average molecular weight is 341 g/mol. The van der Waals surface area contributed by atoms with Gasteiger partial charge in [0.25, 0.3) is 5.91 Å². The Labute approximate surface area is 150 Å². The Morgan fingerprint density at radius 1 is 0.960 bits per heavy atom. The van der Waals surface area contributed by atoms with Crippen molar-refractivity contribution >= 4 is 5.91 Å². The quantitative estimate of drug-likeness (QED) is 0.705. The molecule has 0 fully saturated rings. The summed E-state index contributed by atoms with van der Waals surface area (Å²) in [5.74, 6) is 1.39. The van der Waals surface area contributed by atoms with Crippen molar-refractivity contribution in [2.75, 3.05) is 19.8 Å². The summed E-state index contributed by atoms with van der Waals surface area (Å²) in [7, 11) is 0. The molecule has 0 aromatic heterocycles. The number of hydrogen-bond donors (Lipinski definition) is 1. The second kappa shape index (κ2) is 9.72. The van der Waals surface area contributed by atoms with Gasteiger partial charge in [-0.25, -0.2) is 0 Å². The van der Waals surface area contributed by atoms with Crippen LogP contribution in [0.5, 0.6) is 11.5 Å². The maximum atomic E-state index is 11.8. The van der Waals surface area contributed by atoms with Crippen LogP contribution >= 0.6 is 0 Å². The van der Waals surface area contributed by atoms with Crippen LogP contribution in [-0.2, 0) is 11.2 Å². The van der Waals surface area contributed by atoms with Crippen molar-refractivity contribution in [1.29, 1.82) is 0 Å². The molecule has 4 nitrogen and oxygen atoms in total. The molecule has 0 radical (unpaired) electrons. The topological polar surface area (TPSA) is 47.6 Å². The second-order valence-electron chi connectivity index (χ2n) is 6.20. The predicted molar refractivity (Wildman–Crippen MR) is 100 cm³/mol. The molecule has 134 valence electrons. The standard InChI is InChI=1S/C21H27NO3/c1-4-5-18-6-8-19(9-7-18)24-11-10-22-21(23)15-25-20-13-16(2)12-17(3)14-20/h6-9,12-14H,4-5,10-11,15H2,1-3H3,(H,22,23). The van der Waals surface area contributed by atoms with E-state index in [0.29, 0.717) is 13.2 Å². The Balaban J connectivity index is 1.65. The molecule has 0 heterocycles. The molecule has 2 aromatic rings. The molecule has 1 N–H and O–H groups in total. The van der Waals surface area contributed by atoms with Gasteiger partial charge in [-0.2, -0.15) is 0 Å². The normalized spacial score (nSPS) is 10.4. The van der Waals surface area contributed by atoms with E-state index < -0.39 is 0 Å². The summed E-state index contributed by atoms with van der Waals surface area (Å²) < 4.78 is 11.2. The fraction of sp³-hybridized carbons (Fsp3) is 0.381. The Morgan fingerprint density at radius 3 is 2.28 bits per heavy atom. The first-order valence-corrected chi connectivity index (χ1v) is 8.76. The number of carbonyl (C=O) groups excluding carboxylic acids is 1. The Kier molecular flexibility index (Phi) is 7.33. The molecule has 1 amide bonds. The van der Waals surface area contributed by atoms with Crippen LogP contribution in [0, 0.1) is 13.8 Å². The summed E-state index contributed by atoms with van der Waals surface area (Å²) in [4.78, 5) is 11.8. The van der Waals surface area contributed by atoms with Crippen LogP contribution in [0.1, 0.15) is 30.0 Å². The van der Waals surface area contributed by atoms with Crippen molar-refractivity contribution in [1.82, 2.24) is 5.32 Å². The van der Waals surface area contributed by atoms with E-state index in [1.807, 2.05) is 38.1 Å². The number of amides is 1. The molecule has 0 spiro atoms. The Morgan fingerprint density at radius 2 is 1.64 bits per heavy atom. The minimum Gasteiger partial charge on any atom is -0.492 e. The fourth-order valence-corrected chi connectivity index (χ4v) is 2.62. The Bertz CT molecular complexity index is 660. The van der Waals surface area contributed by atoms with Gasteiger partial charge in [0, 0.05) is 0 Å². The van der Waals surface area contributed by atoms with Crippen LogP contribution in [0.15, 0.2) is 42.5 Å². The summed E-state index contributed by atoms with van der Waals surface area (Å²) in [6, 6.07) is 14.0. The van der Waals surface area contributed by atoms with Gasteiger partial charge in [0.2, 0.25) is 0 Å². The van der Waals surface area contributed by atoms with E-state index in [2.05, 4.69) is 30.4 Å². The molecular weight excluding hydrogens is 314 g/mol. The SMILES string of the molecule is CCCc1ccc(OCCNC(=O)COc2cc(C)cc(C)c2)cc1. The number of rotatable bonds is 9. The van der Waals surface area contributed by atoms with Crippen LogP contribution in [-0.4, -0.2) is 25.7 Å². The maximum Gasteiger partial charge on any atom is 0.258 e. The molecule has 0 saturated heterocycles. The van der Waals surface area contributed by atoms with Gasteiger partial charge >= 0.3 is 0 Å². The highest BCUT2D eigenvalue weighted by Crippen LogP contribution is 2.16. The molecule has 0 atom stereocenters. The maximum absolute atomic E-state index is 11.8. The van der Waals surface area contributed by atoms with Crippen molar-refractivity contribution in [3.8, 4) is 11.5 Å². The van der Waals surface area contributed by atoms with Crippen molar-refractivity contribution in [2.24, 2.45) is 0 Å². The van der Waals surface area contributed by atoms with E-state index >= 15 is 0 Å². The highest BCUT2D eigenvalue weighted by atomic mass is 16.5. The van der Waals surface area contributed by atoms with Crippen LogP contribution in [0.4, 0.5) is 0 Å². The molecule has 2 rings (SSSR count). The van der Waals surface area contributed by atoms with Gasteiger partial charge in [-0.15, -0.1) is 0 Å². The van der Waals surface area contributed by atoms with Gasteiger partial charge in [0.05, 0.1) is 6.54 Å². The number of aryl methyl sites for hydroxylation is 3. The van der Waals surface area contributed by atoms with Gasteiger partial charge in [-0.05, 0) is 61.2 Å². The second-order valence-corrected chi connectivity index (χ2v) is 6.20. The molecule has 0 saturated carbocycles. The highest BCUT2D eigenvalue weighted by Gasteiger charge is 2.03. The van der Waals surface area contributed by atoms with E-state index in [4.69, 9.17) is 9.47 Å². The summed E-state index contributed by atoms with van der Waals surface area (Å²) in [5, 5.41) is 2.80. The average Bonchev–Trinajstić information content (AvgIpc) is 2.58. The first-order chi connectivity index (χ1) is 12.1. The molecule has 4 heteroatoms. The van der Waals surface area contributed by atoms with Gasteiger partial charge in [-0.1, -0.05) is 31.5 Å².